The number of thioether (sulfide) groups is 1. The van der Waals surface area contributed by atoms with Gasteiger partial charge in [0.1, 0.15) is 0 Å². The highest BCUT2D eigenvalue weighted by atomic mass is 32.2. The first-order valence-electron chi connectivity index (χ1n) is 5.61. The summed E-state index contributed by atoms with van der Waals surface area (Å²) in [5.74, 6) is 1.28. The highest BCUT2D eigenvalue weighted by Crippen LogP contribution is 2.29. The van der Waals surface area contributed by atoms with Gasteiger partial charge in [-0.1, -0.05) is 13.8 Å². The fourth-order valence-electron chi connectivity index (χ4n) is 2.04. The van der Waals surface area contributed by atoms with Crippen LogP contribution in [0.25, 0.3) is 0 Å². The number of nitrogens with one attached hydrogen (secondary N) is 1. The van der Waals surface area contributed by atoms with Gasteiger partial charge in [0.15, 0.2) is 0 Å². The minimum absolute atomic E-state index is 0.615. The van der Waals surface area contributed by atoms with Gasteiger partial charge in [-0.15, -0.1) is 0 Å². The summed E-state index contributed by atoms with van der Waals surface area (Å²) >= 11 is 2.06. The van der Waals surface area contributed by atoms with Crippen LogP contribution in [-0.4, -0.2) is 26.8 Å². The Labute approximate surface area is 95.6 Å². The fraction of sp³-hybridized carbons (Fsp3) is 0.727. The second-order valence-corrected chi connectivity index (χ2v) is 5.62. The third-order valence-corrected chi connectivity index (χ3v) is 4.28. The average Bonchev–Trinajstić information content (AvgIpc) is 2.75. The summed E-state index contributed by atoms with van der Waals surface area (Å²) in [5, 5.41) is 8.79. The molecule has 2 rings (SSSR count). The molecule has 0 aliphatic carbocycles. The molecule has 84 valence electrons. The predicted molar refractivity (Wildman–Crippen MR) is 66.5 cm³/mol. The molecule has 15 heavy (non-hydrogen) atoms. The van der Waals surface area contributed by atoms with Gasteiger partial charge in [-0.3, -0.25) is 4.68 Å². The summed E-state index contributed by atoms with van der Waals surface area (Å²) < 4.78 is 1.90. The molecule has 2 heterocycles. The molecule has 1 N–H and O–H groups in total. The van der Waals surface area contributed by atoms with Gasteiger partial charge in [0.25, 0.3) is 0 Å². The van der Waals surface area contributed by atoms with Crippen LogP contribution >= 0.6 is 11.8 Å². The fourth-order valence-corrected chi connectivity index (χ4v) is 3.24. The van der Waals surface area contributed by atoms with E-state index in [1.54, 1.807) is 0 Å². The van der Waals surface area contributed by atoms with Crippen molar-refractivity contribution < 1.29 is 0 Å². The highest BCUT2D eigenvalue weighted by Gasteiger charge is 2.24. The van der Waals surface area contributed by atoms with Crippen LogP contribution in [0.2, 0.25) is 0 Å². The largest absolute Gasteiger partial charge is 0.378 e. The predicted octanol–water partition coefficient (Wildman–Crippen LogP) is 2.29. The molecule has 2 unspecified atom stereocenters. The molecule has 0 aromatic carbocycles. The molecule has 1 aliphatic rings. The van der Waals surface area contributed by atoms with Crippen LogP contribution in [0.5, 0.6) is 0 Å². The van der Waals surface area contributed by atoms with Gasteiger partial charge < -0.3 is 5.32 Å². The van der Waals surface area contributed by atoms with E-state index < -0.39 is 0 Å². The van der Waals surface area contributed by atoms with Crippen molar-refractivity contribution in [1.82, 2.24) is 9.78 Å². The monoisotopic (exact) mass is 225 g/mol. The second kappa shape index (κ2) is 4.47. The Bertz CT molecular complexity index is 335. The zero-order valence-corrected chi connectivity index (χ0v) is 10.5. The number of aromatic nitrogens is 2. The van der Waals surface area contributed by atoms with Crippen molar-refractivity contribution in [3.05, 3.63) is 11.9 Å². The molecule has 1 aromatic heterocycles. The van der Waals surface area contributed by atoms with Crippen LogP contribution in [0, 0.1) is 0 Å². The van der Waals surface area contributed by atoms with Crippen molar-refractivity contribution in [2.45, 2.75) is 38.0 Å². The van der Waals surface area contributed by atoms with Crippen molar-refractivity contribution in [2.75, 3.05) is 11.1 Å². The lowest BCUT2D eigenvalue weighted by molar-refractivity contribution is 0.722. The third kappa shape index (κ3) is 2.30. The summed E-state index contributed by atoms with van der Waals surface area (Å²) in [5.41, 5.74) is 2.40. The number of anilines is 1. The Hall–Kier alpha value is -0.640. The van der Waals surface area contributed by atoms with E-state index in [0.717, 1.165) is 11.7 Å². The SMILES string of the molecule is CCc1nn(C)cc1NC1CCSC1C. The molecule has 1 fully saturated rings. The zero-order chi connectivity index (χ0) is 10.8. The van der Waals surface area contributed by atoms with Crippen LogP contribution in [0.1, 0.15) is 26.0 Å². The molecule has 3 nitrogen and oxygen atoms in total. The van der Waals surface area contributed by atoms with E-state index in [2.05, 4.69) is 42.2 Å². The normalized spacial score (nSPS) is 25.8. The van der Waals surface area contributed by atoms with Crippen molar-refractivity contribution in [1.29, 1.82) is 0 Å². The molecule has 0 spiro atoms. The molecule has 1 aromatic rings. The van der Waals surface area contributed by atoms with E-state index in [-0.39, 0.29) is 0 Å². The zero-order valence-electron chi connectivity index (χ0n) is 9.66. The molecule has 4 heteroatoms. The molecular formula is C11H19N3S. The van der Waals surface area contributed by atoms with Crippen molar-refractivity contribution in [2.24, 2.45) is 7.05 Å². The second-order valence-electron chi connectivity index (χ2n) is 4.13. The van der Waals surface area contributed by atoms with Crippen molar-refractivity contribution in [3.8, 4) is 0 Å². The van der Waals surface area contributed by atoms with Gasteiger partial charge >= 0.3 is 0 Å². The maximum Gasteiger partial charge on any atom is 0.0853 e. The van der Waals surface area contributed by atoms with Crippen molar-refractivity contribution in [3.63, 3.8) is 0 Å². The summed E-state index contributed by atoms with van der Waals surface area (Å²) in [6.07, 6.45) is 4.36. The summed E-state index contributed by atoms with van der Waals surface area (Å²) in [7, 11) is 1.98. The molecule has 1 saturated heterocycles. The van der Waals surface area contributed by atoms with Gasteiger partial charge in [-0.25, -0.2) is 0 Å². The van der Waals surface area contributed by atoms with E-state index in [1.807, 2.05) is 11.7 Å². The number of nitrogens with zero attached hydrogens (tertiary/aromatic N) is 2. The van der Waals surface area contributed by atoms with E-state index in [1.165, 1.54) is 23.6 Å². The summed E-state index contributed by atoms with van der Waals surface area (Å²) in [6, 6.07) is 0.615. The lowest BCUT2D eigenvalue weighted by Gasteiger charge is -2.17. The lowest BCUT2D eigenvalue weighted by atomic mass is 10.1. The van der Waals surface area contributed by atoms with Crippen LogP contribution < -0.4 is 5.32 Å². The summed E-state index contributed by atoms with van der Waals surface area (Å²) in [6.45, 7) is 4.46. The van der Waals surface area contributed by atoms with Gasteiger partial charge in [-0.2, -0.15) is 16.9 Å². The van der Waals surface area contributed by atoms with E-state index in [0.29, 0.717) is 6.04 Å². The van der Waals surface area contributed by atoms with E-state index >= 15 is 0 Å². The first kappa shape index (κ1) is 10.9. The Morgan fingerprint density at radius 3 is 3.07 bits per heavy atom. The minimum atomic E-state index is 0.615. The standard InChI is InChI=1S/C11H19N3S/c1-4-9-11(7-14(3)13-9)12-10-5-6-15-8(10)2/h7-8,10,12H,4-6H2,1-3H3. The molecule has 0 bridgehead atoms. The number of hydrogen-bond acceptors (Lipinski definition) is 3. The average molecular weight is 225 g/mol. The van der Waals surface area contributed by atoms with Gasteiger partial charge in [0.2, 0.25) is 0 Å². The molecule has 2 atom stereocenters. The maximum absolute atomic E-state index is 4.44. The van der Waals surface area contributed by atoms with Crippen LogP contribution in [-0.2, 0) is 13.5 Å². The van der Waals surface area contributed by atoms with E-state index in [4.69, 9.17) is 0 Å². The lowest BCUT2D eigenvalue weighted by Crippen LogP contribution is -2.24. The molecular weight excluding hydrogens is 206 g/mol. The molecule has 0 radical (unpaired) electrons. The highest BCUT2D eigenvalue weighted by molar-refractivity contribution is 8.00. The Morgan fingerprint density at radius 2 is 2.47 bits per heavy atom. The van der Waals surface area contributed by atoms with E-state index in [9.17, 15) is 0 Å². The number of aryl methyl sites for hydroxylation is 2. The Morgan fingerprint density at radius 1 is 1.67 bits per heavy atom. The molecule has 1 aliphatic heterocycles. The summed E-state index contributed by atoms with van der Waals surface area (Å²) in [4.78, 5) is 0. The van der Waals surface area contributed by atoms with Gasteiger partial charge in [0, 0.05) is 24.5 Å². The number of hydrogen-bond donors (Lipinski definition) is 1. The smallest absolute Gasteiger partial charge is 0.0853 e. The third-order valence-electron chi connectivity index (χ3n) is 2.96. The topological polar surface area (TPSA) is 29.9 Å². The Kier molecular flexibility index (Phi) is 3.24. The van der Waals surface area contributed by atoms with Crippen molar-refractivity contribution >= 4 is 17.4 Å². The molecule has 0 amide bonds. The minimum Gasteiger partial charge on any atom is -0.378 e. The number of rotatable bonds is 3. The molecule has 0 saturated carbocycles. The quantitative estimate of drug-likeness (QED) is 0.856. The Balaban J connectivity index is 2.09. The first-order valence-corrected chi connectivity index (χ1v) is 6.66. The van der Waals surface area contributed by atoms with Crippen LogP contribution in [0.3, 0.4) is 0 Å². The van der Waals surface area contributed by atoms with Gasteiger partial charge in [0.05, 0.1) is 11.4 Å². The van der Waals surface area contributed by atoms with Gasteiger partial charge in [-0.05, 0) is 18.6 Å². The first-order chi connectivity index (χ1) is 7.20. The maximum atomic E-state index is 4.44. The van der Waals surface area contributed by atoms with Crippen LogP contribution in [0.4, 0.5) is 5.69 Å². The van der Waals surface area contributed by atoms with Crippen LogP contribution in [0.15, 0.2) is 6.20 Å².